The quantitative estimate of drug-likeness (QED) is 0.778. The van der Waals surface area contributed by atoms with Crippen molar-refractivity contribution in [2.45, 2.75) is 18.0 Å². The Bertz CT molecular complexity index is 691. The van der Waals surface area contributed by atoms with E-state index in [1.807, 2.05) is 0 Å². The summed E-state index contributed by atoms with van der Waals surface area (Å²) in [5, 5.41) is 0. The van der Waals surface area contributed by atoms with Crippen LogP contribution in [-0.2, 0) is 4.43 Å². The van der Waals surface area contributed by atoms with Crippen LogP contribution in [0.2, 0.25) is 0 Å². The number of rotatable bonds is 4. The molecular weight excluding hydrogens is 307 g/mol. The van der Waals surface area contributed by atoms with Crippen molar-refractivity contribution in [2.75, 3.05) is 6.61 Å². The van der Waals surface area contributed by atoms with Crippen LogP contribution < -0.4 is 29.6 Å². The zero-order valence-electron chi connectivity index (χ0n) is 13.7. The van der Waals surface area contributed by atoms with Gasteiger partial charge < -0.3 is 4.43 Å². The molecule has 2 atom stereocenters. The fourth-order valence-corrected chi connectivity index (χ4v) is 6.32. The Kier molecular flexibility index (Phi) is 5.40. The van der Waals surface area contributed by atoms with Gasteiger partial charge in [0.2, 0.25) is 9.04 Å². The maximum absolute atomic E-state index is 6.32. The van der Waals surface area contributed by atoms with E-state index in [1.54, 1.807) is 0 Å². The molecule has 0 aromatic heterocycles. The minimum atomic E-state index is -1.05. The minimum Gasteiger partial charge on any atom is -0.415 e. The van der Waals surface area contributed by atoms with E-state index in [1.165, 1.54) is 22.3 Å². The summed E-state index contributed by atoms with van der Waals surface area (Å²) in [7, 11) is -1.05. The van der Waals surface area contributed by atoms with Gasteiger partial charge in [-0.25, -0.2) is 0 Å². The second kappa shape index (κ2) is 7.33. The van der Waals surface area contributed by atoms with Crippen molar-refractivity contribution in [1.82, 2.24) is 0 Å². The first-order chi connectivity index (χ1) is 10.9. The fraction of sp³-hybridized carbons (Fsp3) is 0.200. The van der Waals surface area contributed by atoms with Gasteiger partial charge in [0, 0.05) is 17.7 Å². The molecule has 0 saturated heterocycles. The van der Waals surface area contributed by atoms with Gasteiger partial charge in [0.1, 0.15) is 0 Å². The van der Waals surface area contributed by atoms with Crippen LogP contribution in [0.1, 0.15) is 40.3 Å². The molecule has 0 saturated carbocycles. The first kappa shape index (κ1) is 16.9. The molecule has 2 aliphatic rings. The summed E-state index contributed by atoms with van der Waals surface area (Å²) in [6.45, 7) is 2.90. The molecule has 0 spiro atoms. The molecule has 0 bridgehead atoms. The minimum absolute atomic E-state index is 0. The first-order valence-corrected chi connectivity index (χ1v) is 9.48. The monoisotopic (exact) mass is 326 g/mol. The molecule has 2 aliphatic carbocycles. The van der Waals surface area contributed by atoms with E-state index in [4.69, 9.17) is 4.43 Å². The van der Waals surface area contributed by atoms with Crippen molar-refractivity contribution < 1.29 is 34.0 Å². The summed E-state index contributed by atoms with van der Waals surface area (Å²) >= 11 is 0. The van der Waals surface area contributed by atoms with Gasteiger partial charge in [0.25, 0.3) is 0 Å². The summed E-state index contributed by atoms with van der Waals surface area (Å²) in [5.74, 6) is 0. The van der Waals surface area contributed by atoms with Gasteiger partial charge in [0.15, 0.2) is 0 Å². The van der Waals surface area contributed by atoms with Gasteiger partial charge in [-0.15, -0.1) is 0 Å². The predicted molar refractivity (Wildman–Crippen MR) is 93.8 cm³/mol. The zero-order chi connectivity index (χ0) is 14.9. The number of benzene rings is 2. The molecule has 23 heavy (non-hydrogen) atoms. The molecule has 2 aromatic rings. The molecule has 2 aromatic carbocycles. The van der Waals surface area contributed by atoms with E-state index in [-0.39, 0.29) is 29.6 Å². The van der Waals surface area contributed by atoms with Crippen molar-refractivity contribution in [1.29, 1.82) is 0 Å². The van der Waals surface area contributed by atoms with Crippen molar-refractivity contribution in [3.8, 4) is 0 Å². The molecule has 1 nitrogen and oxygen atoms in total. The van der Waals surface area contributed by atoms with Gasteiger partial charge in [-0.3, -0.25) is 0 Å². The van der Waals surface area contributed by atoms with Gasteiger partial charge >= 0.3 is 29.6 Å². The third kappa shape index (κ3) is 3.07. The van der Waals surface area contributed by atoms with Crippen molar-refractivity contribution in [3.05, 3.63) is 82.9 Å². The maximum atomic E-state index is 6.32. The SMILES string of the molecule is CCO[Si](C1C=Cc2ccccc21)C1C=Cc2ccccc21.[Na+]. The van der Waals surface area contributed by atoms with E-state index in [9.17, 15) is 0 Å². The van der Waals surface area contributed by atoms with E-state index < -0.39 is 9.04 Å². The van der Waals surface area contributed by atoms with Gasteiger partial charge in [0.05, 0.1) is 0 Å². The third-order valence-electron chi connectivity index (χ3n) is 4.52. The first-order valence-electron chi connectivity index (χ1n) is 7.92. The summed E-state index contributed by atoms with van der Waals surface area (Å²) in [4.78, 5) is 0. The van der Waals surface area contributed by atoms with Crippen LogP contribution in [0.15, 0.2) is 60.7 Å². The topological polar surface area (TPSA) is 9.23 Å². The molecule has 0 N–H and O–H groups in total. The van der Waals surface area contributed by atoms with Crippen LogP contribution >= 0.6 is 0 Å². The Morgan fingerprint density at radius 3 is 1.78 bits per heavy atom. The second-order valence-electron chi connectivity index (χ2n) is 5.77. The molecular formula is C20H19NaOSi+. The third-order valence-corrected chi connectivity index (χ3v) is 7.38. The largest absolute Gasteiger partial charge is 1.00 e. The Balaban J connectivity index is 0.00000156. The molecule has 0 aliphatic heterocycles. The molecule has 0 heterocycles. The predicted octanol–water partition coefficient (Wildman–Crippen LogP) is 1.72. The van der Waals surface area contributed by atoms with Gasteiger partial charge in [-0.1, -0.05) is 72.8 Å². The average Bonchev–Trinajstić information content (AvgIpc) is 3.17. The van der Waals surface area contributed by atoms with Crippen LogP contribution in [0, 0.1) is 0 Å². The Labute approximate surface area is 162 Å². The number of allylic oxidation sites excluding steroid dienone is 2. The summed E-state index contributed by atoms with van der Waals surface area (Å²) < 4.78 is 6.32. The molecule has 4 rings (SSSR count). The van der Waals surface area contributed by atoms with Crippen molar-refractivity contribution >= 4 is 21.2 Å². The summed E-state index contributed by atoms with van der Waals surface area (Å²) in [6, 6.07) is 17.4. The van der Waals surface area contributed by atoms with E-state index in [2.05, 4.69) is 79.8 Å². The van der Waals surface area contributed by atoms with E-state index >= 15 is 0 Å². The molecule has 0 amide bonds. The van der Waals surface area contributed by atoms with Crippen LogP contribution in [0.4, 0.5) is 0 Å². The molecule has 2 unspecified atom stereocenters. The number of hydrogen-bond donors (Lipinski definition) is 0. The molecule has 1 radical (unpaired) electrons. The van der Waals surface area contributed by atoms with Crippen LogP contribution in [0.25, 0.3) is 12.2 Å². The van der Waals surface area contributed by atoms with Crippen molar-refractivity contribution in [3.63, 3.8) is 0 Å². The van der Waals surface area contributed by atoms with Crippen LogP contribution in [-0.4, -0.2) is 15.6 Å². The average molecular weight is 326 g/mol. The standard InChI is InChI=1S/C20H19OSi.Na/c1-2-21-22(19-13-11-15-7-3-5-9-17(15)19)20-14-12-16-8-4-6-10-18(16)20;/h3-14,19-20H,2H2,1H3;/q;+1. The van der Waals surface area contributed by atoms with Crippen LogP contribution in [0.3, 0.4) is 0 Å². The Hall–Kier alpha value is -0.903. The second-order valence-corrected chi connectivity index (χ2v) is 8.10. The number of fused-ring (bicyclic) bond motifs is 2. The number of hydrogen-bond acceptors (Lipinski definition) is 1. The smallest absolute Gasteiger partial charge is 0.415 e. The Morgan fingerprint density at radius 2 is 1.30 bits per heavy atom. The molecule has 109 valence electrons. The fourth-order valence-electron chi connectivity index (χ4n) is 3.53. The van der Waals surface area contributed by atoms with Gasteiger partial charge in [-0.2, -0.15) is 0 Å². The Morgan fingerprint density at radius 1 is 0.826 bits per heavy atom. The van der Waals surface area contributed by atoms with Crippen molar-refractivity contribution in [2.24, 2.45) is 0 Å². The molecule has 0 fully saturated rings. The summed E-state index contributed by atoms with van der Waals surface area (Å²) in [5.41, 5.74) is 6.43. The maximum Gasteiger partial charge on any atom is 1.00 e. The van der Waals surface area contributed by atoms with Crippen LogP contribution in [0.5, 0.6) is 0 Å². The van der Waals surface area contributed by atoms with E-state index in [0.29, 0.717) is 11.1 Å². The molecule has 3 heteroatoms. The van der Waals surface area contributed by atoms with Gasteiger partial charge in [-0.05, 0) is 29.2 Å². The normalized spacial score (nSPS) is 20.4. The van der Waals surface area contributed by atoms with E-state index in [0.717, 1.165) is 6.61 Å². The summed E-state index contributed by atoms with van der Waals surface area (Å²) in [6.07, 6.45) is 9.22. The zero-order valence-corrected chi connectivity index (χ0v) is 16.7.